The maximum atomic E-state index is 8.91. The lowest BCUT2D eigenvalue weighted by Crippen LogP contribution is -2.54. The standard InChI is InChI=1S/C14H22N2O2.C13H20N2O2/c1-12(18-17)14(15-2)8-9-16(11-14)10-13-6-4-3-5-7-13;1-11(17-16)13(14)7-8-15(10-13)9-12-5-3-2-4-6-12/h3-7,12,15,17H,8-11H2,1-2H3;2-6,11,16H,7-10,14H2,1H3. The van der Waals surface area contributed by atoms with Crippen LogP contribution in [0.25, 0.3) is 0 Å². The van der Waals surface area contributed by atoms with Crippen molar-refractivity contribution < 1.29 is 20.3 Å². The normalized spacial score (nSPS) is 26.8. The summed E-state index contributed by atoms with van der Waals surface area (Å²) < 4.78 is 0. The number of rotatable bonds is 9. The van der Waals surface area contributed by atoms with Crippen LogP contribution in [0.3, 0.4) is 0 Å². The zero-order valence-corrected chi connectivity index (χ0v) is 21.3. The number of nitrogens with one attached hydrogen (secondary N) is 1. The van der Waals surface area contributed by atoms with Crippen molar-refractivity contribution in [2.24, 2.45) is 5.73 Å². The van der Waals surface area contributed by atoms with E-state index in [1.54, 1.807) is 0 Å². The molecule has 2 fully saturated rings. The van der Waals surface area contributed by atoms with E-state index in [2.05, 4.69) is 61.3 Å². The van der Waals surface area contributed by atoms with Crippen LogP contribution in [0.2, 0.25) is 0 Å². The summed E-state index contributed by atoms with van der Waals surface area (Å²) in [6.07, 6.45) is 1.30. The van der Waals surface area contributed by atoms with Crippen molar-refractivity contribution in [1.29, 1.82) is 0 Å². The fraction of sp³-hybridized carbons (Fsp3) is 0.556. The van der Waals surface area contributed by atoms with Gasteiger partial charge >= 0.3 is 0 Å². The quantitative estimate of drug-likeness (QED) is 0.317. The summed E-state index contributed by atoms with van der Waals surface area (Å²) in [5.41, 5.74) is 8.25. The van der Waals surface area contributed by atoms with E-state index in [-0.39, 0.29) is 17.7 Å². The molecule has 4 rings (SSSR count). The third-order valence-corrected chi connectivity index (χ3v) is 7.69. The Balaban J connectivity index is 0.000000196. The van der Waals surface area contributed by atoms with E-state index in [1.165, 1.54) is 11.1 Å². The van der Waals surface area contributed by atoms with E-state index in [0.717, 1.165) is 52.1 Å². The van der Waals surface area contributed by atoms with Gasteiger partial charge in [-0.05, 0) is 44.9 Å². The summed E-state index contributed by atoms with van der Waals surface area (Å²) >= 11 is 0. The molecule has 0 amide bonds. The highest BCUT2D eigenvalue weighted by Crippen LogP contribution is 2.27. The number of nitrogens with zero attached hydrogens (tertiary/aromatic N) is 2. The van der Waals surface area contributed by atoms with Crippen molar-refractivity contribution in [1.82, 2.24) is 15.1 Å². The summed E-state index contributed by atoms with van der Waals surface area (Å²) in [4.78, 5) is 13.6. The second kappa shape index (κ2) is 12.9. The number of hydrogen-bond acceptors (Lipinski definition) is 8. The molecular formula is C27H42N4O4. The predicted molar refractivity (Wildman–Crippen MR) is 138 cm³/mol. The van der Waals surface area contributed by atoms with Gasteiger partial charge in [0.05, 0.1) is 11.1 Å². The molecule has 0 bridgehead atoms. The molecule has 5 N–H and O–H groups in total. The van der Waals surface area contributed by atoms with E-state index in [1.807, 2.05) is 45.2 Å². The number of likely N-dealkylation sites (tertiary alicyclic amines) is 2. The van der Waals surface area contributed by atoms with Gasteiger partial charge in [-0.2, -0.15) is 0 Å². The molecular weight excluding hydrogens is 444 g/mol. The van der Waals surface area contributed by atoms with Gasteiger partial charge in [0.15, 0.2) is 0 Å². The van der Waals surface area contributed by atoms with Gasteiger partial charge in [0.2, 0.25) is 0 Å². The van der Waals surface area contributed by atoms with E-state index in [4.69, 9.17) is 16.2 Å². The molecule has 2 heterocycles. The summed E-state index contributed by atoms with van der Waals surface area (Å²) in [7, 11) is 1.93. The van der Waals surface area contributed by atoms with Crippen LogP contribution in [0.1, 0.15) is 37.8 Å². The van der Waals surface area contributed by atoms with Crippen molar-refractivity contribution in [3.8, 4) is 0 Å². The summed E-state index contributed by atoms with van der Waals surface area (Å²) in [5.74, 6) is 0. The Labute approximate surface area is 209 Å². The van der Waals surface area contributed by atoms with Gasteiger partial charge in [-0.1, -0.05) is 60.7 Å². The summed E-state index contributed by atoms with van der Waals surface area (Å²) in [6, 6.07) is 20.8. The lowest BCUT2D eigenvalue weighted by atomic mass is 9.92. The lowest BCUT2D eigenvalue weighted by Gasteiger charge is -2.33. The van der Waals surface area contributed by atoms with Crippen LogP contribution in [0.5, 0.6) is 0 Å². The van der Waals surface area contributed by atoms with Crippen molar-refractivity contribution in [2.75, 3.05) is 33.2 Å². The Morgan fingerprint density at radius 3 is 1.80 bits per heavy atom. The average molecular weight is 487 g/mol. The molecule has 4 atom stereocenters. The lowest BCUT2D eigenvalue weighted by molar-refractivity contribution is -0.289. The SMILES string of the molecule is CC(OO)C1(N)CCN(Cc2ccccc2)C1.CNC1(C(C)OO)CCN(Cc2ccccc2)C1. The van der Waals surface area contributed by atoms with Gasteiger partial charge in [-0.25, -0.2) is 9.78 Å². The van der Waals surface area contributed by atoms with Crippen LogP contribution in [0, 0.1) is 0 Å². The van der Waals surface area contributed by atoms with Crippen LogP contribution < -0.4 is 11.1 Å². The molecule has 8 heteroatoms. The Morgan fingerprint density at radius 2 is 1.31 bits per heavy atom. The molecule has 0 aliphatic carbocycles. The maximum Gasteiger partial charge on any atom is 0.109 e. The van der Waals surface area contributed by atoms with Crippen LogP contribution in [-0.2, 0) is 22.9 Å². The highest BCUT2D eigenvalue weighted by molar-refractivity contribution is 5.16. The van der Waals surface area contributed by atoms with Crippen LogP contribution in [0.15, 0.2) is 60.7 Å². The molecule has 0 spiro atoms. The first-order valence-corrected chi connectivity index (χ1v) is 12.4. The maximum absolute atomic E-state index is 8.91. The van der Waals surface area contributed by atoms with Crippen LogP contribution in [-0.4, -0.2) is 76.8 Å². The highest BCUT2D eigenvalue weighted by atomic mass is 17.1. The number of likely N-dealkylation sites (N-methyl/N-ethyl adjacent to an activating group) is 1. The van der Waals surface area contributed by atoms with Gasteiger partial charge in [0, 0.05) is 39.3 Å². The minimum Gasteiger partial charge on any atom is -0.322 e. The minimum atomic E-state index is -0.441. The third-order valence-electron chi connectivity index (χ3n) is 7.69. The Kier molecular flexibility index (Phi) is 10.2. The fourth-order valence-corrected chi connectivity index (χ4v) is 5.09. The van der Waals surface area contributed by atoms with Crippen LogP contribution >= 0.6 is 0 Å². The molecule has 2 aromatic carbocycles. The summed E-state index contributed by atoms with van der Waals surface area (Å²) in [6.45, 7) is 9.17. The number of hydrogen-bond donors (Lipinski definition) is 4. The van der Waals surface area contributed by atoms with Gasteiger partial charge in [-0.15, -0.1) is 0 Å². The van der Waals surface area contributed by atoms with Gasteiger partial charge in [0.25, 0.3) is 0 Å². The molecule has 194 valence electrons. The minimum absolute atomic E-state index is 0.149. The monoisotopic (exact) mass is 486 g/mol. The Morgan fingerprint density at radius 1 is 0.829 bits per heavy atom. The molecule has 8 nitrogen and oxygen atoms in total. The second-order valence-electron chi connectivity index (χ2n) is 10.0. The molecule has 2 aromatic rings. The predicted octanol–water partition coefficient (Wildman–Crippen LogP) is 3.20. The zero-order chi connectivity index (χ0) is 25.3. The van der Waals surface area contributed by atoms with Crippen molar-refractivity contribution >= 4 is 0 Å². The second-order valence-corrected chi connectivity index (χ2v) is 10.0. The number of nitrogens with two attached hydrogens (primary N) is 1. The van der Waals surface area contributed by atoms with Crippen LogP contribution in [0.4, 0.5) is 0 Å². The number of benzene rings is 2. The largest absolute Gasteiger partial charge is 0.322 e. The van der Waals surface area contributed by atoms with Crippen molar-refractivity contribution in [3.05, 3.63) is 71.8 Å². The Bertz CT molecular complexity index is 874. The molecule has 2 aliphatic rings. The smallest absolute Gasteiger partial charge is 0.109 e. The first kappa shape index (κ1) is 27.7. The molecule has 0 saturated carbocycles. The topological polar surface area (TPSA) is 103 Å². The molecule has 0 radical (unpaired) electrons. The third kappa shape index (κ3) is 7.31. The highest BCUT2D eigenvalue weighted by Gasteiger charge is 2.42. The van der Waals surface area contributed by atoms with E-state index in [9.17, 15) is 0 Å². The van der Waals surface area contributed by atoms with E-state index >= 15 is 0 Å². The molecule has 2 saturated heterocycles. The molecule has 2 aliphatic heterocycles. The Hall–Kier alpha value is -1.88. The first-order chi connectivity index (χ1) is 16.8. The first-order valence-electron chi connectivity index (χ1n) is 12.4. The van der Waals surface area contributed by atoms with E-state index < -0.39 is 5.54 Å². The molecule has 4 unspecified atom stereocenters. The average Bonchev–Trinajstić information content (AvgIpc) is 3.49. The molecule has 35 heavy (non-hydrogen) atoms. The van der Waals surface area contributed by atoms with Crippen molar-refractivity contribution in [3.63, 3.8) is 0 Å². The molecule has 0 aromatic heterocycles. The van der Waals surface area contributed by atoms with E-state index in [0.29, 0.717) is 0 Å². The fourth-order valence-electron chi connectivity index (χ4n) is 5.09. The zero-order valence-electron chi connectivity index (χ0n) is 21.3. The van der Waals surface area contributed by atoms with Gasteiger partial charge in [0.1, 0.15) is 12.2 Å². The van der Waals surface area contributed by atoms with Gasteiger partial charge < -0.3 is 11.1 Å². The van der Waals surface area contributed by atoms with Gasteiger partial charge in [-0.3, -0.25) is 20.3 Å². The summed E-state index contributed by atoms with van der Waals surface area (Å²) in [5, 5.41) is 21.0. The van der Waals surface area contributed by atoms with Crippen molar-refractivity contribution in [2.45, 2.75) is 63.1 Å².